The van der Waals surface area contributed by atoms with Crippen molar-refractivity contribution in [1.82, 2.24) is 9.97 Å². The molecule has 2 rings (SSSR count). The van der Waals surface area contributed by atoms with Gasteiger partial charge in [-0.05, 0) is 29.8 Å². The Balaban J connectivity index is 2.08. The number of nitrogens with zero attached hydrogens (tertiary/aromatic N) is 3. The van der Waals surface area contributed by atoms with Crippen molar-refractivity contribution in [2.75, 3.05) is 0 Å². The first-order valence-electron chi connectivity index (χ1n) is 4.88. The molecule has 0 amide bonds. The molecule has 5 heteroatoms. The van der Waals surface area contributed by atoms with Crippen LogP contribution in [0.5, 0.6) is 0 Å². The minimum atomic E-state index is 0.426. The summed E-state index contributed by atoms with van der Waals surface area (Å²) in [7, 11) is 0. The van der Waals surface area contributed by atoms with Crippen LogP contribution in [0.4, 0.5) is 0 Å². The fourth-order valence-corrected chi connectivity index (χ4v) is 2.36. The zero-order chi connectivity index (χ0) is 12.1. The summed E-state index contributed by atoms with van der Waals surface area (Å²) in [6.45, 7) is 0. The van der Waals surface area contributed by atoms with Gasteiger partial charge in [0.15, 0.2) is 0 Å². The zero-order valence-electron chi connectivity index (χ0n) is 8.80. The van der Waals surface area contributed by atoms with E-state index >= 15 is 0 Å². The Morgan fingerprint density at radius 2 is 2.18 bits per heavy atom. The molecule has 0 aliphatic carbocycles. The van der Waals surface area contributed by atoms with Gasteiger partial charge in [-0.3, -0.25) is 0 Å². The minimum absolute atomic E-state index is 0.426. The Labute approximate surface area is 108 Å². The fourth-order valence-electron chi connectivity index (χ4n) is 1.25. The summed E-state index contributed by atoms with van der Waals surface area (Å²) < 4.78 is 0. The zero-order valence-corrected chi connectivity index (χ0v) is 10.4. The standard InChI is InChI=1S/C12H8ClN3S/c13-11-2-1-4-16-12(11)17-8-9-3-5-15-10(6-9)7-14/h1-6H,8H2. The molecule has 0 fully saturated rings. The van der Waals surface area contributed by atoms with E-state index in [4.69, 9.17) is 16.9 Å². The van der Waals surface area contributed by atoms with Crippen LogP contribution in [0.1, 0.15) is 11.3 Å². The van der Waals surface area contributed by atoms with Gasteiger partial charge in [-0.25, -0.2) is 9.97 Å². The summed E-state index contributed by atoms with van der Waals surface area (Å²) in [5, 5.41) is 10.2. The highest BCUT2D eigenvalue weighted by Gasteiger charge is 2.03. The lowest BCUT2D eigenvalue weighted by Gasteiger charge is -2.02. The van der Waals surface area contributed by atoms with E-state index in [0.717, 1.165) is 10.6 Å². The molecule has 0 aromatic carbocycles. The second kappa shape index (κ2) is 5.67. The van der Waals surface area contributed by atoms with Gasteiger partial charge in [-0.2, -0.15) is 5.26 Å². The molecule has 2 heterocycles. The number of thioether (sulfide) groups is 1. The van der Waals surface area contributed by atoms with Crippen LogP contribution in [0.2, 0.25) is 5.02 Å². The van der Waals surface area contributed by atoms with Crippen LogP contribution >= 0.6 is 23.4 Å². The summed E-state index contributed by atoms with van der Waals surface area (Å²) >= 11 is 7.54. The lowest BCUT2D eigenvalue weighted by atomic mass is 10.2. The quantitative estimate of drug-likeness (QED) is 0.796. The smallest absolute Gasteiger partial charge is 0.140 e. The third-order valence-corrected chi connectivity index (χ3v) is 3.53. The lowest BCUT2D eigenvalue weighted by Crippen LogP contribution is -1.87. The first kappa shape index (κ1) is 11.9. The maximum atomic E-state index is 8.74. The van der Waals surface area contributed by atoms with Gasteiger partial charge in [0.1, 0.15) is 16.8 Å². The number of rotatable bonds is 3. The van der Waals surface area contributed by atoms with Crippen LogP contribution in [-0.4, -0.2) is 9.97 Å². The highest BCUT2D eigenvalue weighted by Crippen LogP contribution is 2.27. The third kappa shape index (κ3) is 3.19. The maximum Gasteiger partial charge on any atom is 0.140 e. The molecule has 84 valence electrons. The molecule has 0 saturated heterocycles. The van der Waals surface area contributed by atoms with Crippen LogP contribution in [-0.2, 0) is 5.75 Å². The third-order valence-electron chi connectivity index (χ3n) is 2.04. The number of nitriles is 1. The summed E-state index contributed by atoms with van der Waals surface area (Å²) in [6, 6.07) is 9.27. The fraction of sp³-hybridized carbons (Fsp3) is 0.0833. The van der Waals surface area contributed by atoms with E-state index < -0.39 is 0 Å². The summed E-state index contributed by atoms with van der Waals surface area (Å²) in [5.74, 6) is 0.716. The average Bonchev–Trinajstić information content (AvgIpc) is 2.38. The number of aromatic nitrogens is 2. The molecule has 0 unspecified atom stereocenters. The summed E-state index contributed by atoms with van der Waals surface area (Å²) in [4.78, 5) is 8.10. The van der Waals surface area contributed by atoms with Gasteiger partial charge < -0.3 is 0 Å². The van der Waals surface area contributed by atoms with Gasteiger partial charge in [0.25, 0.3) is 0 Å². The van der Waals surface area contributed by atoms with E-state index in [2.05, 4.69) is 9.97 Å². The van der Waals surface area contributed by atoms with Crippen molar-refractivity contribution in [3.8, 4) is 6.07 Å². The van der Waals surface area contributed by atoms with E-state index in [1.165, 1.54) is 11.8 Å². The van der Waals surface area contributed by atoms with Gasteiger partial charge in [0.05, 0.1) is 5.02 Å². The van der Waals surface area contributed by atoms with E-state index in [-0.39, 0.29) is 0 Å². The van der Waals surface area contributed by atoms with Crippen LogP contribution in [0.25, 0.3) is 0 Å². The van der Waals surface area contributed by atoms with Gasteiger partial charge in [0.2, 0.25) is 0 Å². The van der Waals surface area contributed by atoms with Crippen molar-refractivity contribution >= 4 is 23.4 Å². The van der Waals surface area contributed by atoms with E-state index in [1.807, 2.05) is 18.2 Å². The number of pyridine rings is 2. The molecule has 0 aliphatic heterocycles. The largest absolute Gasteiger partial charge is 0.248 e. The molecule has 0 atom stereocenters. The summed E-state index contributed by atoms with van der Waals surface area (Å²) in [6.07, 6.45) is 3.34. The first-order chi connectivity index (χ1) is 8.29. The Morgan fingerprint density at radius 1 is 1.29 bits per heavy atom. The number of hydrogen-bond donors (Lipinski definition) is 0. The van der Waals surface area contributed by atoms with Gasteiger partial charge in [0, 0.05) is 18.1 Å². The average molecular weight is 262 g/mol. The van der Waals surface area contributed by atoms with Crippen molar-refractivity contribution in [1.29, 1.82) is 5.26 Å². The Hall–Kier alpha value is -1.57. The van der Waals surface area contributed by atoms with E-state index in [1.54, 1.807) is 24.5 Å². The molecule has 0 radical (unpaired) electrons. The minimum Gasteiger partial charge on any atom is -0.248 e. The maximum absolute atomic E-state index is 8.74. The van der Waals surface area contributed by atoms with E-state index in [9.17, 15) is 0 Å². The Bertz CT molecular complexity index is 566. The number of hydrogen-bond acceptors (Lipinski definition) is 4. The normalized spacial score (nSPS) is 9.88. The van der Waals surface area contributed by atoms with Crippen LogP contribution in [0.3, 0.4) is 0 Å². The van der Waals surface area contributed by atoms with Gasteiger partial charge >= 0.3 is 0 Å². The van der Waals surface area contributed by atoms with Crippen molar-refractivity contribution in [2.24, 2.45) is 0 Å². The monoisotopic (exact) mass is 261 g/mol. The van der Waals surface area contributed by atoms with Crippen molar-refractivity contribution in [3.63, 3.8) is 0 Å². The second-order valence-electron chi connectivity index (χ2n) is 3.24. The molecule has 0 bridgehead atoms. The topological polar surface area (TPSA) is 49.6 Å². The molecular formula is C12H8ClN3S. The van der Waals surface area contributed by atoms with Crippen molar-refractivity contribution in [3.05, 3.63) is 52.9 Å². The molecule has 0 N–H and O–H groups in total. The molecule has 0 spiro atoms. The van der Waals surface area contributed by atoms with Crippen LogP contribution in [0.15, 0.2) is 41.7 Å². The molecule has 0 aliphatic rings. The highest BCUT2D eigenvalue weighted by atomic mass is 35.5. The lowest BCUT2D eigenvalue weighted by molar-refractivity contribution is 1.13. The van der Waals surface area contributed by atoms with E-state index in [0.29, 0.717) is 16.5 Å². The van der Waals surface area contributed by atoms with Crippen molar-refractivity contribution in [2.45, 2.75) is 10.8 Å². The van der Waals surface area contributed by atoms with Gasteiger partial charge in [-0.15, -0.1) is 11.8 Å². The highest BCUT2D eigenvalue weighted by molar-refractivity contribution is 7.98. The molecule has 0 saturated carbocycles. The predicted molar refractivity (Wildman–Crippen MR) is 67.8 cm³/mol. The van der Waals surface area contributed by atoms with Gasteiger partial charge in [-0.1, -0.05) is 11.6 Å². The van der Waals surface area contributed by atoms with Crippen LogP contribution in [0, 0.1) is 11.3 Å². The summed E-state index contributed by atoms with van der Waals surface area (Å²) in [5.41, 5.74) is 1.46. The molecule has 2 aromatic heterocycles. The molecule has 17 heavy (non-hydrogen) atoms. The molecule has 2 aromatic rings. The molecule has 3 nitrogen and oxygen atoms in total. The number of halogens is 1. The Kier molecular flexibility index (Phi) is 3.97. The molecular weight excluding hydrogens is 254 g/mol. The van der Waals surface area contributed by atoms with Crippen LogP contribution < -0.4 is 0 Å². The van der Waals surface area contributed by atoms with Crippen molar-refractivity contribution < 1.29 is 0 Å². The second-order valence-corrected chi connectivity index (χ2v) is 4.61. The Morgan fingerprint density at radius 3 is 2.94 bits per heavy atom. The predicted octanol–water partition coefficient (Wildman–Crippen LogP) is 3.29. The first-order valence-corrected chi connectivity index (χ1v) is 6.24. The SMILES string of the molecule is N#Cc1cc(CSc2ncccc2Cl)ccn1.